The quantitative estimate of drug-likeness (QED) is 0.865. The van der Waals surface area contributed by atoms with Gasteiger partial charge in [0.1, 0.15) is 5.82 Å². The molecular formula is C14H19FN2O. The predicted molar refractivity (Wildman–Crippen MR) is 70.0 cm³/mol. The van der Waals surface area contributed by atoms with Gasteiger partial charge in [0.15, 0.2) is 0 Å². The number of halogens is 1. The van der Waals surface area contributed by atoms with Crippen LogP contribution in [0.2, 0.25) is 0 Å². The average molecular weight is 250 g/mol. The number of carbonyl (C=O) groups is 1. The third-order valence-electron chi connectivity index (χ3n) is 3.24. The average Bonchev–Trinajstić information content (AvgIpc) is 2.34. The summed E-state index contributed by atoms with van der Waals surface area (Å²) in [5, 5.41) is 5.94. The van der Waals surface area contributed by atoms with E-state index in [0.29, 0.717) is 6.42 Å². The predicted octanol–water partition coefficient (Wildman–Crippen LogP) is 2.60. The standard InChI is InChI=1S/C14H19FN2O/c1-10-5-6-13(12(15)8-10)17-14(18)9-11-4-2-3-7-16-11/h5-6,8,11,16H,2-4,7,9H2,1H3,(H,17,18). The van der Waals surface area contributed by atoms with Crippen molar-refractivity contribution < 1.29 is 9.18 Å². The van der Waals surface area contributed by atoms with Crippen LogP contribution < -0.4 is 10.6 Å². The Labute approximate surface area is 107 Å². The number of anilines is 1. The number of rotatable bonds is 3. The van der Waals surface area contributed by atoms with Crippen molar-refractivity contribution >= 4 is 11.6 Å². The SMILES string of the molecule is Cc1ccc(NC(=O)CC2CCCCN2)c(F)c1. The molecule has 0 aromatic heterocycles. The molecular weight excluding hydrogens is 231 g/mol. The van der Waals surface area contributed by atoms with E-state index < -0.39 is 0 Å². The molecule has 3 nitrogen and oxygen atoms in total. The normalized spacial score (nSPS) is 19.6. The van der Waals surface area contributed by atoms with E-state index >= 15 is 0 Å². The number of amides is 1. The summed E-state index contributed by atoms with van der Waals surface area (Å²) in [6, 6.07) is 5.05. The molecule has 18 heavy (non-hydrogen) atoms. The zero-order valence-electron chi connectivity index (χ0n) is 10.6. The van der Waals surface area contributed by atoms with Gasteiger partial charge in [-0.05, 0) is 44.0 Å². The second-order valence-corrected chi connectivity index (χ2v) is 4.88. The highest BCUT2D eigenvalue weighted by molar-refractivity contribution is 5.91. The van der Waals surface area contributed by atoms with Gasteiger partial charge in [-0.2, -0.15) is 0 Å². The monoisotopic (exact) mass is 250 g/mol. The van der Waals surface area contributed by atoms with Crippen LogP contribution in [0.3, 0.4) is 0 Å². The Kier molecular flexibility index (Phi) is 4.31. The molecule has 1 aliphatic rings. The Morgan fingerprint density at radius 1 is 1.50 bits per heavy atom. The molecule has 1 fully saturated rings. The lowest BCUT2D eigenvalue weighted by molar-refractivity contribution is -0.116. The number of hydrogen-bond donors (Lipinski definition) is 2. The van der Waals surface area contributed by atoms with Crippen molar-refractivity contribution in [3.63, 3.8) is 0 Å². The van der Waals surface area contributed by atoms with Crippen LogP contribution in [-0.2, 0) is 4.79 Å². The molecule has 1 heterocycles. The van der Waals surface area contributed by atoms with Crippen LogP contribution in [-0.4, -0.2) is 18.5 Å². The smallest absolute Gasteiger partial charge is 0.226 e. The molecule has 0 spiro atoms. The topological polar surface area (TPSA) is 41.1 Å². The van der Waals surface area contributed by atoms with Gasteiger partial charge in [0.05, 0.1) is 5.69 Å². The van der Waals surface area contributed by atoms with Crippen LogP contribution in [0.25, 0.3) is 0 Å². The first-order valence-electron chi connectivity index (χ1n) is 6.44. The lowest BCUT2D eigenvalue weighted by Crippen LogP contribution is -2.37. The molecule has 98 valence electrons. The summed E-state index contributed by atoms with van der Waals surface area (Å²) in [7, 11) is 0. The molecule has 1 amide bonds. The van der Waals surface area contributed by atoms with Crippen LogP contribution >= 0.6 is 0 Å². The van der Waals surface area contributed by atoms with Crippen molar-refractivity contribution in [2.24, 2.45) is 0 Å². The van der Waals surface area contributed by atoms with E-state index in [4.69, 9.17) is 0 Å². The van der Waals surface area contributed by atoms with Crippen LogP contribution in [0.5, 0.6) is 0 Å². The molecule has 0 aliphatic carbocycles. The fourth-order valence-electron chi connectivity index (χ4n) is 2.24. The van der Waals surface area contributed by atoms with Crippen LogP contribution in [0.15, 0.2) is 18.2 Å². The summed E-state index contributed by atoms with van der Waals surface area (Å²) in [4.78, 5) is 11.8. The zero-order chi connectivity index (χ0) is 13.0. The maximum Gasteiger partial charge on any atom is 0.226 e. The first-order valence-corrected chi connectivity index (χ1v) is 6.44. The number of carbonyl (C=O) groups excluding carboxylic acids is 1. The van der Waals surface area contributed by atoms with Gasteiger partial charge < -0.3 is 10.6 Å². The Morgan fingerprint density at radius 3 is 3.00 bits per heavy atom. The molecule has 2 N–H and O–H groups in total. The van der Waals surface area contributed by atoms with E-state index in [9.17, 15) is 9.18 Å². The van der Waals surface area contributed by atoms with Crippen LogP contribution in [0.4, 0.5) is 10.1 Å². The van der Waals surface area contributed by atoms with Crippen molar-refractivity contribution in [3.8, 4) is 0 Å². The molecule has 0 radical (unpaired) electrons. The van der Waals surface area contributed by atoms with Crippen LogP contribution in [0.1, 0.15) is 31.2 Å². The Balaban J connectivity index is 1.90. The van der Waals surface area contributed by atoms with Crippen molar-refractivity contribution in [1.82, 2.24) is 5.32 Å². The second-order valence-electron chi connectivity index (χ2n) is 4.88. The molecule has 1 unspecified atom stereocenters. The van der Waals surface area contributed by atoms with E-state index in [-0.39, 0.29) is 23.5 Å². The fourth-order valence-corrected chi connectivity index (χ4v) is 2.24. The number of piperidine rings is 1. The van der Waals surface area contributed by atoms with E-state index in [1.165, 1.54) is 12.5 Å². The van der Waals surface area contributed by atoms with Gasteiger partial charge >= 0.3 is 0 Å². The minimum atomic E-state index is -0.375. The van der Waals surface area contributed by atoms with Gasteiger partial charge in [0.25, 0.3) is 0 Å². The minimum absolute atomic E-state index is 0.128. The molecule has 4 heteroatoms. The van der Waals surface area contributed by atoms with Crippen molar-refractivity contribution in [1.29, 1.82) is 0 Å². The molecule has 1 atom stereocenters. The number of nitrogens with one attached hydrogen (secondary N) is 2. The Hall–Kier alpha value is -1.42. The summed E-state index contributed by atoms with van der Waals surface area (Å²) >= 11 is 0. The van der Waals surface area contributed by atoms with Crippen LogP contribution in [0, 0.1) is 12.7 Å². The lowest BCUT2D eigenvalue weighted by Gasteiger charge is -2.22. The third kappa shape index (κ3) is 3.53. The third-order valence-corrected chi connectivity index (χ3v) is 3.24. The summed E-state index contributed by atoms with van der Waals surface area (Å²) in [6.07, 6.45) is 3.76. The largest absolute Gasteiger partial charge is 0.324 e. The molecule has 1 aliphatic heterocycles. The first kappa shape index (κ1) is 13.0. The van der Waals surface area contributed by atoms with E-state index in [1.54, 1.807) is 12.1 Å². The molecule has 1 aromatic rings. The van der Waals surface area contributed by atoms with Gasteiger partial charge in [-0.1, -0.05) is 12.5 Å². The number of aryl methyl sites for hydroxylation is 1. The van der Waals surface area contributed by atoms with Gasteiger partial charge in [0, 0.05) is 12.5 Å². The minimum Gasteiger partial charge on any atom is -0.324 e. The highest BCUT2D eigenvalue weighted by Crippen LogP contribution is 2.16. The summed E-state index contributed by atoms with van der Waals surface area (Å²) < 4.78 is 13.6. The Morgan fingerprint density at radius 2 is 2.33 bits per heavy atom. The molecule has 1 saturated heterocycles. The maximum absolute atomic E-state index is 13.6. The zero-order valence-corrected chi connectivity index (χ0v) is 10.6. The van der Waals surface area contributed by atoms with Gasteiger partial charge in [0.2, 0.25) is 5.91 Å². The van der Waals surface area contributed by atoms with Crippen molar-refractivity contribution in [2.75, 3.05) is 11.9 Å². The highest BCUT2D eigenvalue weighted by Gasteiger charge is 2.17. The second kappa shape index (κ2) is 5.96. The van der Waals surface area contributed by atoms with Gasteiger partial charge in [-0.25, -0.2) is 4.39 Å². The number of hydrogen-bond acceptors (Lipinski definition) is 2. The summed E-state index contributed by atoms with van der Waals surface area (Å²) in [5.74, 6) is -0.503. The summed E-state index contributed by atoms with van der Waals surface area (Å²) in [5.41, 5.74) is 1.11. The Bertz CT molecular complexity index is 428. The first-order chi connectivity index (χ1) is 8.65. The van der Waals surface area contributed by atoms with E-state index in [1.807, 2.05) is 6.92 Å². The molecule has 2 rings (SSSR count). The summed E-state index contributed by atoms with van der Waals surface area (Å²) in [6.45, 7) is 2.79. The molecule has 0 bridgehead atoms. The highest BCUT2D eigenvalue weighted by atomic mass is 19.1. The molecule has 1 aromatic carbocycles. The fraction of sp³-hybridized carbons (Fsp3) is 0.500. The van der Waals surface area contributed by atoms with Gasteiger partial charge in [-0.3, -0.25) is 4.79 Å². The van der Waals surface area contributed by atoms with Gasteiger partial charge in [-0.15, -0.1) is 0 Å². The van der Waals surface area contributed by atoms with E-state index in [2.05, 4.69) is 10.6 Å². The number of benzene rings is 1. The lowest BCUT2D eigenvalue weighted by atomic mass is 10.0. The maximum atomic E-state index is 13.6. The van der Waals surface area contributed by atoms with Crippen molar-refractivity contribution in [2.45, 2.75) is 38.6 Å². The molecule has 0 saturated carbocycles. The van der Waals surface area contributed by atoms with Crippen molar-refractivity contribution in [3.05, 3.63) is 29.6 Å². The van der Waals surface area contributed by atoms with E-state index in [0.717, 1.165) is 24.9 Å².